The predicted octanol–water partition coefficient (Wildman–Crippen LogP) is 15.8. The first-order valence-corrected chi connectivity index (χ1v) is 25.2. The predicted molar refractivity (Wildman–Crippen MR) is 300 cm³/mol. The molecule has 0 spiro atoms. The van der Waals surface area contributed by atoms with Gasteiger partial charge in [-0.3, -0.25) is 0 Å². The van der Waals surface area contributed by atoms with Gasteiger partial charge in [0.2, 0.25) is 0 Å². The van der Waals surface area contributed by atoms with Gasteiger partial charge in [0.25, 0.3) is 6.71 Å². The van der Waals surface area contributed by atoms with Crippen molar-refractivity contribution in [3.05, 3.63) is 211 Å². The van der Waals surface area contributed by atoms with E-state index in [2.05, 4.69) is 257 Å². The summed E-state index contributed by atoms with van der Waals surface area (Å²) in [4.78, 5) is 2.55. The summed E-state index contributed by atoms with van der Waals surface area (Å²) >= 11 is 0. The fraction of sp³-hybridized carbons (Fsp3) is 0.182. The molecule has 4 heteroatoms. The number of fused-ring (bicyclic) bond motifs is 8. The molecule has 0 fully saturated rings. The minimum Gasteiger partial charge on any atom is -0.356 e. The quantitative estimate of drug-likeness (QED) is 0.174. The van der Waals surface area contributed by atoms with Crippen molar-refractivity contribution >= 4 is 73.3 Å². The van der Waals surface area contributed by atoms with Crippen molar-refractivity contribution in [2.75, 3.05) is 10.2 Å². The Morgan fingerprint density at radius 3 is 1.74 bits per heavy atom. The van der Waals surface area contributed by atoms with E-state index in [1.807, 2.05) is 0 Å². The molecular weight excluding hydrogens is 846 g/mol. The number of hydrogen-bond donors (Lipinski definition) is 1. The molecule has 13 rings (SSSR count). The molecule has 1 aliphatic carbocycles. The first-order valence-electron chi connectivity index (χ1n) is 25.2. The molecule has 0 bridgehead atoms. The lowest BCUT2D eigenvalue weighted by Gasteiger charge is -2.42. The second-order valence-corrected chi connectivity index (χ2v) is 22.5. The average Bonchev–Trinajstić information content (AvgIpc) is 3.71. The molecule has 0 saturated heterocycles. The lowest BCUT2D eigenvalue weighted by molar-refractivity contribution is 0.332. The summed E-state index contributed by atoms with van der Waals surface area (Å²) in [7, 11) is 0. The summed E-state index contributed by atoms with van der Waals surface area (Å²) in [6.45, 7) is 16.6. The topological polar surface area (TPSA) is 20.2 Å². The smallest absolute Gasteiger partial charge is 0.252 e. The van der Waals surface area contributed by atoms with Crippen LogP contribution in [0, 0.1) is 0 Å². The summed E-state index contributed by atoms with van der Waals surface area (Å²) in [6.07, 6.45) is 2.41. The molecule has 1 N–H and O–H groups in total. The van der Waals surface area contributed by atoms with Crippen LogP contribution in [0.2, 0.25) is 0 Å². The summed E-state index contributed by atoms with van der Waals surface area (Å²) in [5.41, 5.74) is 25.3. The van der Waals surface area contributed by atoms with Crippen molar-refractivity contribution in [1.82, 2.24) is 4.57 Å². The van der Waals surface area contributed by atoms with Crippen LogP contribution < -0.4 is 26.6 Å². The molecule has 10 aromatic rings. The van der Waals surface area contributed by atoms with Crippen molar-refractivity contribution in [2.24, 2.45) is 0 Å². The van der Waals surface area contributed by atoms with Gasteiger partial charge in [0.05, 0.1) is 11.0 Å². The number of aromatic nitrogens is 1. The number of anilines is 5. The van der Waals surface area contributed by atoms with E-state index < -0.39 is 0 Å². The van der Waals surface area contributed by atoms with Gasteiger partial charge in [-0.05, 0) is 150 Å². The molecule has 70 heavy (non-hydrogen) atoms. The normalized spacial score (nSPS) is 15.2. The molecule has 3 aliphatic rings. The summed E-state index contributed by atoms with van der Waals surface area (Å²) in [6, 6.07) is 73.4. The van der Waals surface area contributed by atoms with Gasteiger partial charge in [-0.15, -0.1) is 0 Å². The second-order valence-electron chi connectivity index (χ2n) is 22.5. The molecule has 0 unspecified atom stereocenters. The van der Waals surface area contributed by atoms with E-state index >= 15 is 0 Å². The van der Waals surface area contributed by atoms with Crippen LogP contribution in [-0.4, -0.2) is 11.3 Å². The fourth-order valence-corrected chi connectivity index (χ4v) is 12.2. The highest BCUT2D eigenvalue weighted by Crippen LogP contribution is 2.48. The third kappa shape index (κ3) is 6.71. The van der Waals surface area contributed by atoms with E-state index in [1.165, 1.54) is 112 Å². The molecule has 9 aromatic carbocycles. The summed E-state index contributed by atoms with van der Waals surface area (Å²) in [5, 5.41) is 6.60. The molecule has 340 valence electrons. The number of benzene rings is 9. The Morgan fingerprint density at radius 2 is 1.01 bits per heavy atom. The minimum atomic E-state index is 0.00172. The SMILES string of the molecule is CC(C)(C)c1cccc(-c2ccc3c(c2)N(c2ccc(-c4ccc5c(c4)C(C)(C)CCC5(C)C)cc2)c2cc(-c4ccccc4)cc4c2B3c2ccc(-n3c5ccccc5c5ccccc53)cc2N4)c1. The van der Waals surface area contributed by atoms with Gasteiger partial charge in [0.15, 0.2) is 0 Å². The Labute approximate surface area is 413 Å². The van der Waals surface area contributed by atoms with Gasteiger partial charge in [-0.2, -0.15) is 0 Å². The van der Waals surface area contributed by atoms with Crippen LogP contribution in [0.4, 0.5) is 28.4 Å². The van der Waals surface area contributed by atoms with Crippen LogP contribution in [0.25, 0.3) is 60.9 Å². The first kappa shape index (κ1) is 42.5. The van der Waals surface area contributed by atoms with E-state index in [4.69, 9.17) is 0 Å². The molecule has 0 saturated carbocycles. The molecule has 0 amide bonds. The van der Waals surface area contributed by atoms with Crippen molar-refractivity contribution in [2.45, 2.75) is 77.6 Å². The number of para-hydroxylation sites is 2. The highest BCUT2D eigenvalue weighted by Gasteiger charge is 2.42. The van der Waals surface area contributed by atoms with Gasteiger partial charge in [0, 0.05) is 44.9 Å². The number of nitrogens with one attached hydrogen (secondary N) is 1. The Hall–Kier alpha value is -7.56. The molecule has 0 atom stereocenters. The number of hydrogen-bond acceptors (Lipinski definition) is 2. The van der Waals surface area contributed by atoms with E-state index in [1.54, 1.807) is 0 Å². The highest BCUT2D eigenvalue weighted by atomic mass is 15.2. The van der Waals surface area contributed by atoms with E-state index in [9.17, 15) is 0 Å². The monoisotopic (exact) mass is 903 g/mol. The molecule has 3 nitrogen and oxygen atoms in total. The number of nitrogens with zero attached hydrogens (tertiary/aromatic N) is 2. The van der Waals surface area contributed by atoms with Crippen LogP contribution in [-0.2, 0) is 16.2 Å². The van der Waals surface area contributed by atoms with Crippen LogP contribution in [0.5, 0.6) is 0 Å². The van der Waals surface area contributed by atoms with E-state index in [0.29, 0.717) is 0 Å². The summed E-state index contributed by atoms with van der Waals surface area (Å²) < 4.78 is 2.43. The Morgan fingerprint density at radius 1 is 0.443 bits per heavy atom. The van der Waals surface area contributed by atoms with Gasteiger partial charge in [-0.25, -0.2) is 0 Å². The third-order valence-electron chi connectivity index (χ3n) is 16.2. The molecular formula is C66H58BN3. The van der Waals surface area contributed by atoms with Crippen molar-refractivity contribution in [1.29, 1.82) is 0 Å². The fourth-order valence-electron chi connectivity index (χ4n) is 12.2. The van der Waals surface area contributed by atoms with Gasteiger partial charge < -0.3 is 14.8 Å². The zero-order chi connectivity index (χ0) is 47.7. The zero-order valence-corrected chi connectivity index (χ0v) is 41.4. The van der Waals surface area contributed by atoms with Gasteiger partial charge >= 0.3 is 0 Å². The maximum absolute atomic E-state index is 4.08. The minimum absolute atomic E-state index is 0.00172. The second kappa shape index (κ2) is 15.5. The van der Waals surface area contributed by atoms with Crippen LogP contribution in [0.3, 0.4) is 0 Å². The van der Waals surface area contributed by atoms with Crippen LogP contribution in [0.15, 0.2) is 194 Å². The van der Waals surface area contributed by atoms with Crippen molar-refractivity contribution < 1.29 is 0 Å². The van der Waals surface area contributed by atoms with E-state index in [-0.39, 0.29) is 23.0 Å². The van der Waals surface area contributed by atoms with Crippen molar-refractivity contribution in [3.63, 3.8) is 0 Å². The maximum atomic E-state index is 4.08. The highest BCUT2D eigenvalue weighted by molar-refractivity contribution is 7.00. The van der Waals surface area contributed by atoms with E-state index in [0.717, 1.165) is 22.7 Å². The maximum Gasteiger partial charge on any atom is 0.252 e. The molecule has 1 aromatic heterocycles. The van der Waals surface area contributed by atoms with Crippen LogP contribution in [0.1, 0.15) is 78.0 Å². The lowest BCUT2D eigenvalue weighted by atomic mass is 9.33. The first-order chi connectivity index (χ1) is 33.8. The largest absolute Gasteiger partial charge is 0.356 e. The zero-order valence-electron chi connectivity index (χ0n) is 41.4. The standard InChI is InChI=1S/C66H58BN3/c1-64(2,3)48-19-15-18-44(36-48)46-27-32-56-61(39-46)69(49-28-24-43(25-29-49)45-26-31-53-54(37-45)66(6,7)35-34-65(53,4)5)62-40-47(42-16-9-8-10-17-42)38-58-63(62)67(56)55-33-30-50(41-57(55)68-58)70-59-22-13-11-20-51(59)52-21-12-14-23-60(52)70/h8-33,36-41,68H,34-35H2,1-7H3. The average molecular weight is 904 g/mol. The molecule has 3 heterocycles. The Kier molecular flexibility index (Phi) is 9.40. The summed E-state index contributed by atoms with van der Waals surface area (Å²) in [5.74, 6) is 0. The molecule has 0 radical (unpaired) electrons. The Balaban J connectivity index is 1.02. The number of rotatable bonds is 5. The van der Waals surface area contributed by atoms with Gasteiger partial charge in [-0.1, -0.05) is 188 Å². The lowest BCUT2D eigenvalue weighted by Crippen LogP contribution is -2.60. The van der Waals surface area contributed by atoms with Crippen LogP contribution >= 0.6 is 0 Å². The molecule has 2 aliphatic heterocycles. The third-order valence-corrected chi connectivity index (χ3v) is 16.2. The Bertz CT molecular complexity index is 3680. The van der Waals surface area contributed by atoms with Gasteiger partial charge in [0.1, 0.15) is 0 Å². The van der Waals surface area contributed by atoms with Crippen molar-refractivity contribution in [3.8, 4) is 39.1 Å².